The van der Waals surface area contributed by atoms with Gasteiger partial charge in [-0.3, -0.25) is 19.5 Å². The van der Waals surface area contributed by atoms with Crippen molar-refractivity contribution in [2.45, 2.75) is 32.1 Å². The Hall–Kier alpha value is -2.56. The van der Waals surface area contributed by atoms with Crippen molar-refractivity contribution in [2.24, 2.45) is 0 Å². The number of halogens is 1. The third kappa shape index (κ3) is 3.85. The lowest BCUT2D eigenvalue weighted by Crippen LogP contribution is -2.40. The van der Waals surface area contributed by atoms with E-state index in [1.165, 1.54) is 17.0 Å². The van der Waals surface area contributed by atoms with E-state index in [0.29, 0.717) is 25.8 Å². The van der Waals surface area contributed by atoms with Crippen LogP contribution in [0.2, 0.25) is 0 Å². The number of amides is 2. The van der Waals surface area contributed by atoms with Crippen LogP contribution >= 0.6 is 0 Å². The summed E-state index contributed by atoms with van der Waals surface area (Å²) < 4.78 is 12.9. The van der Waals surface area contributed by atoms with Gasteiger partial charge in [0.2, 0.25) is 11.8 Å². The van der Waals surface area contributed by atoms with E-state index >= 15 is 0 Å². The largest absolute Gasteiger partial charge is 0.283 e. The van der Waals surface area contributed by atoms with Crippen LogP contribution in [0, 0.1) is 5.82 Å². The number of aromatic nitrogens is 1. The van der Waals surface area contributed by atoms with Crippen molar-refractivity contribution in [3.63, 3.8) is 0 Å². The van der Waals surface area contributed by atoms with Crippen molar-refractivity contribution < 1.29 is 14.0 Å². The lowest BCUT2D eigenvalue weighted by atomic mass is 10.1. The lowest BCUT2D eigenvalue weighted by Gasteiger charge is -2.24. The summed E-state index contributed by atoms with van der Waals surface area (Å²) in [4.78, 5) is 29.3. The summed E-state index contributed by atoms with van der Waals surface area (Å²) in [5.41, 5.74) is 2.71. The van der Waals surface area contributed by atoms with Crippen LogP contribution in [0.5, 0.6) is 0 Å². The first-order chi connectivity index (χ1) is 11.6. The van der Waals surface area contributed by atoms with E-state index in [0.717, 1.165) is 29.7 Å². The Morgan fingerprint density at radius 1 is 1.00 bits per heavy atom. The van der Waals surface area contributed by atoms with Crippen LogP contribution in [-0.4, -0.2) is 28.2 Å². The van der Waals surface area contributed by atoms with Crippen LogP contribution in [0.1, 0.15) is 31.2 Å². The molecule has 1 aliphatic heterocycles. The standard InChI is InChI=1S/C19H19FN2O2/c20-16-9-7-15(8-10-16)17-11-6-14(13-21-17)3-2-12-22-18(23)4-1-5-19(22)24/h6-11,13H,1-5,12H2. The van der Waals surface area contributed by atoms with Gasteiger partial charge in [-0.1, -0.05) is 6.07 Å². The van der Waals surface area contributed by atoms with E-state index in [2.05, 4.69) is 4.98 Å². The monoisotopic (exact) mass is 326 g/mol. The van der Waals surface area contributed by atoms with Gasteiger partial charge in [0.15, 0.2) is 0 Å². The maximum Gasteiger partial charge on any atom is 0.229 e. The highest BCUT2D eigenvalue weighted by Gasteiger charge is 2.24. The normalized spacial score (nSPS) is 15.0. The highest BCUT2D eigenvalue weighted by atomic mass is 19.1. The number of hydrogen-bond acceptors (Lipinski definition) is 3. The number of carbonyl (C=O) groups is 2. The quantitative estimate of drug-likeness (QED) is 0.792. The van der Waals surface area contributed by atoms with Gasteiger partial charge in [0.05, 0.1) is 5.69 Å². The van der Waals surface area contributed by atoms with Gasteiger partial charge in [0.1, 0.15) is 5.82 Å². The van der Waals surface area contributed by atoms with Gasteiger partial charge in [-0.05, 0) is 55.2 Å². The number of pyridine rings is 1. The molecule has 1 saturated heterocycles. The first-order valence-corrected chi connectivity index (χ1v) is 8.17. The average molecular weight is 326 g/mol. The van der Waals surface area contributed by atoms with Crippen LogP contribution in [0.25, 0.3) is 11.3 Å². The zero-order chi connectivity index (χ0) is 16.9. The first kappa shape index (κ1) is 16.3. The maximum atomic E-state index is 12.9. The van der Waals surface area contributed by atoms with Crippen LogP contribution in [0.15, 0.2) is 42.6 Å². The van der Waals surface area contributed by atoms with E-state index in [4.69, 9.17) is 0 Å². The number of hydrogen-bond donors (Lipinski definition) is 0. The molecule has 3 rings (SSSR count). The van der Waals surface area contributed by atoms with E-state index in [1.807, 2.05) is 12.1 Å². The molecule has 0 atom stereocenters. The molecule has 0 spiro atoms. The summed E-state index contributed by atoms with van der Waals surface area (Å²) in [6, 6.07) is 10.1. The van der Waals surface area contributed by atoms with E-state index in [9.17, 15) is 14.0 Å². The molecule has 0 radical (unpaired) electrons. The predicted octanol–water partition coefficient (Wildman–Crippen LogP) is 3.36. The Morgan fingerprint density at radius 2 is 1.71 bits per heavy atom. The van der Waals surface area contributed by atoms with Crippen LogP contribution in [0.4, 0.5) is 4.39 Å². The van der Waals surface area contributed by atoms with Crippen molar-refractivity contribution in [3.8, 4) is 11.3 Å². The van der Waals surface area contributed by atoms with Crippen LogP contribution in [0.3, 0.4) is 0 Å². The molecule has 1 aromatic carbocycles. The summed E-state index contributed by atoms with van der Waals surface area (Å²) in [5, 5.41) is 0. The van der Waals surface area contributed by atoms with Gasteiger partial charge < -0.3 is 0 Å². The van der Waals surface area contributed by atoms with Gasteiger partial charge in [0, 0.05) is 31.1 Å². The van der Waals surface area contributed by atoms with Gasteiger partial charge >= 0.3 is 0 Å². The second-order valence-corrected chi connectivity index (χ2v) is 5.95. The molecular formula is C19H19FN2O2. The highest BCUT2D eigenvalue weighted by Crippen LogP contribution is 2.18. The topological polar surface area (TPSA) is 50.3 Å². The molecule has 24 heavy (non-hydrogen) atoms. The number of likely N-dealkylation sites (tertiary alicyclic amines) is 1. The van der Waals surface area contributed by atoms with Crippen molar-refractivity contribution in [1.82, 2.24) is 9.88 Å². The fraction of sp³-hybridized carbons (Fsp3) is 0.316. The summed E-state index contributed by atoms with van der Waals surface area (Å²) in [7, 11) is 0. The number of nitrogens with zero attached hydrogens (tertiary/aromatic N) is 2. The third-order valence-corrected chi connectivity index (χ3v) is 4.20. The molecule has 2 aromatic rings. The van der Waals surface area contributed by atoms with Crippen LogP contribution in [-0.2, 0) is 16.0 Å². The minimum absolute atomic E-state index is 0.0592. The molecule has 5 heteroatoms. The second-order valence-electron chi connectivity index (χ2n) is 5.95. The van der Waals surface area contributed by atoms with Crippen molar-refractivity contribution in [1.29, 1.82) is 0 Å². The van der Waals surface area contributed by atoms with Crippen molar-refractivity contribution >= 4 is 11.8 Å². The minimum atomic E-state index is -0.267. The number of carbonyl (C=O) groups excluding carboxylic acids is 2. The zero-order valence-electron chi connectivity index (χ0n) is 13.4. The molecule has 0 aliphatic carbocycles. The lowest BCUT2D eigenvalue weighted by molar-refractivity contribution is -0.147. The Bertz CT molecular complexity index is 710. The highest BCUT2D eigenvalue weighted by molar-refractivity contribution is 5.97. The summed E-state index contributed by atoms with van der Waals surface area (Å²) >= 11 is 0. The number of piperidine rings is 1. The van der Waals surface area contributed by atoms with Crippen molar-refractivity contribution in [2.75, 3.05) is 6.54 Å². The third-order valence-electron chi connectivity index (χ3n) is 4.20. The number of rotatable bonds is 5. The molecule has 1 aromatic heterocycles. The second kappa shape index (κ2) is 7.34. The van der Waals surface area contributed by atoms with Gasteiger partial charge in [-0.15, -0.1) is 0 Å². The van der Waals surface area contributed by atoms with Gasteiger partial charge in [0.25, 0.3) is 0 Å². The minimum Gasteiger partial charge on any atom is -0.283 e. The van der Waals surface area contributed by atoms with Gasteiger partial charge in [-0.25, -0.2) is 4.39 Å². The summed E-state index contributed by atoms with van der Waals surface area (Å²) in [6.45, 7) is 0.470. The molecule has 0 bridgehead atoms. The Kier molecular flexibility index (Phi) is 4.99. The fourth-order valence-corrected chi connectivity index (χ4v) is 2.85. The molecule has 124 valence electrons. The van der Waals surface area contributed by atoms with Crippen LogP contribution < -0.4 is 0 Å². The Balaban J connectivity index is 1.55. The number of aryl methyl sites for hydroxylation is 1. The molecule has 0 unspecified atom stereocenters. The summed E-state index contributed by atoms with van der Waals surface area (Å²) in [6.07, 6.45) is 4.89. The molecule has 1 aliphatic rings. The van der Waals surface area contributed by atoms with E-state index in [-0.39, 0.29) is 17.6 Å². The average Bonchev–Trinajstić information content (AvgIpc) is 2.59. The molecular weight excluding hydrogens is 307 g/mol. The molecule has 4 nitrogen and oxygen atoms in total. The summed E-state index contributed by atoms with van der Waals surface area (Å²) in [5.74, 6) is -0.385. The Morgan fingerprint density at radius 3 is 2.33 bits per heavy atom. The molecule has 1 fully saturated rings. The van der Waals surface area contributed by atoms with Crippen molar-refractivity contribution in [3.05, 3.63) is 54.0 Å². The molecule has 2 heterocycles. The van der Waals surface area contributed by atoms with E-state index < -0.39 is 0 Å². The zero-order valence-corrected chi connectivity index (χ0v) is 13.4. The molecule has 2 amide bonds. The smallest absolute Gasteiger partial charge is 0.229 e. The number of benzene rings is 1. The fourth-order valence-electron chi connectivity index (χ4n) is 2.85. The predicted molar refractivity (Wildman–Crippen MR) is 88.5 cm³/mol. The van der Waals surface area contributed by atoms with Gasteiger partial charge in [-0.2, -0.15) is 0 Å². The molecule has 0 N–H and O–H groups in total. The maximum absolute atomic E-state index is 12.9. The number of imide groups is 1. The SMILES string of the molecule is O=C1CCCC(=O)N1CCCc1ccc(-c2ccc(F)cc2)nc1. The Labute approximate surface area is 140 Å². The molecule has 0 saturated carbocycles. The first-order valence-electron chi connectivity index (χ1n) is 8.17. The van der Waals surface area contributed by atoms with E-state index in [1.54, 1.807) is 18.3 Å².